The number of aryl methyl sites for hydroxylation is 1. The lowest BCUT2D eigenvalue weighted by Gasteiger charge is -2.19. The van der Waals surface area contributed by atoms with Crippen LogP contribution in [-0.4, -0.2) is 20.5 Å². The van der Waals surface area contributed by atoms with Crippen LogP contribution in [0, 0.1) is 6.92 Å². The van der Waals surface area contributed by atoms with Crippen molar-refractivity contribution in [3.63, 3.8) is 0 Å². The number of nitrogens with zero attached hydrogens (tertiary/aromatic N) is 3. The first-order valence-corrected chi connectivity index (χ1v) is 8.28. The van der Waals surface area contributed by atoms with Crippen molar-refractivity contribution in [3.05, 3.63) is 65.6 Å². The fraction of sp³-hybridized carbons (Fsp3) is 0.316. The van der Waals surface area contributed by atoms with Crippen molar-refractivity contribution in [3.8, 4) is 0 Å². The number of benzene rings is 1. The molecule has 1 aromatic carbocycles. The molecule has 1 atom stereocenters. The molecule has 1 N–H and O–H groups in total. The van der Waals surface area contributed by atoms with Crippen LogP contribution in [0.5, 0.6) is 0 Å². The summed E-state index contributed by atoms with van der Waals surface area (Å²) in [7, 11) is 0. The highest BCUT2D eigenvalue weighted by atomic mass is 16.2. The van der Waals surface area contributed by atoms with Gasteiger partial charge in [0.1, 0.15) is 0 Å². The van der Waals surface area contributed by atoms with E-state index >= 15 is 0 Å². The molecule has 0 bridgehead atoms. The van der Waals surface area contributed by atoms with Crippen molar-refractivity contribution in [2.75, 3.05) is 0 Å². The van der Waals surface area contributed by atoms with E-state index in [9.17, 15) is 4.79 Å². The number of hydrogen-bond acceptors (Lipinski definition) is 3. The van der Waals surface area contributed by atoms with Crippen molar-refractivity contribution in [2.24, 2.45) is 0 Å². The number of carbonyl (C=O) groups is 1. The molecule has 1 aliphatic rings. The summed E-state index contributed by atoms with van der Waals surface area (Å²) in [6.07, 6.45) is 3.71. The van der Waals surface area contributed by atoms with Crippen LogP contribution in [-0.2, 0) is 10.2 Å². The van der Waals surface area contributed by atoms with Crippen LogP contribution < -0.4 is 5.32 Å². The van der Waals surface area contributed by atoms with E-state index in [-0.39, 0.29) is 17.4 Å². The molecule has 1 aliphatic carbocycles. The van der Waals surface area contributed by atoms with Crippen LogP contribution in [0.1, 0.15) is 42.8 Å². The maximum atomic E-state index is 12.9. The molecule has 122 valence electrons. The van der Waals surface area contributed by atoms with Crippen molar-refractivity contribution >= 4 is 11.6 Å². The maximum absolute atomic E-state index is 12.9. The number of fused-ring (bicyclic) bond motifs is 1. The summed E-state index contributed by atoms with van der Waals surface area (Å²) in [6.45, 7) is 4.01. The summed E-state index contributed by atoms with van der Waals surface area (Å²) in [5.41, 5.74) is 2.70. The minimum absolute atomic E-state index is 0.0771. The summed E-state index contributed by atoms with van der Waals surface area (Å²) in [6, 6.07) is 13.8. The molecule has 1 amide bonds. The van der Waals surface area contributed by atoms with Gasteiger partial charge in [0.15, 0.2) is 11.5 Å². The molecule has 0 aliphatic heterocycles. The Kier molecular flexibility index (Phi) is 3.37. The monoisotopic (exact) mass is 320 g/mol. The van der Waals surface area contributed by atoms with Gasteiger partial charge in [0.25, 0.3) is 0 Å². The van der Waals surface area contributed by atoms with Crippen molar-refractivity contribution in [2.45, 2.75) is 38.1 Å². The molecule has 3 aromatic rings. The lowest BCUT2D eigenvalue weighted by Crippen LogP contribution is -2.37. The van der Waals surface area contributed by atoms with Crippen LogP contribution in [0.3, 0.4) is 0 Å². The number of rotatable bonds is 4. The lowest BCUT2D eigenvalue weighted by atomic mass is 9.93. The van der Waals surface area contributed by atoms with E-state index in [4.69, 9.17) is 0 Å². The van der Waals surface area contributed by atoms with Gasteiger partial charge in [-0.05, 0) is 44.4 Å². The first-order valence-electron chi connectivity index (χ1n) is 8.28. The summed E-state index contributed by atoms with van der Waals surface area (Å²) in [5, 5.41) is 11.5. The van der Waals surface area contributed by atoms with Gasteiger partial charge in [-0.15, -0.1) is 10.2 Å². The third-order valence-corrected chi connectivity index (χ3v) is 4.83. The molecule has 24 heavy (non-hydrogen) atoms. The number of aromatic nitrogens is 3. The van der Waals surface area contributed by atoms with Gasteiger partial charge in [-0.25, -0.2) is 0 Å². The molecular weight excluding hydrogens is 300 g/mol. The normalized spacial score (nSPS) is 16.8. The Morgan fingerprint density at radius 3 is 2.79 bits per heavy atom. The number of amides is 1. The van der Waals surface area contributed by atoms with E-state index in [0.29, 0.717) is 0 Å². The minimum Gasteiger partial charge on any atom is -0.346 e. The number of carbonyl (C=O) groups excluding carboxylic acids is 1. The van der Waals surface area contributed by atoms with Crippen molar-refractivity contribution < 1.29 is 4.79 Å². The van der Waals surface area contributed by atoms with E-state index < -0.39 is 0 Å². The number of nitrogens with one attached hydrogen (secondary N) is 1. The second kappa shape index (κ2) is 5.44. The molecule has 0 saturated heterocycles. The van der Waals surface area contributed by atoms with E-state index in [1.54, 1.807) is 0 Å². The van der Waals surface area contributed by atoms with Crippen LogP contribution >= 0.6 is 0 Å². The van der Waals surface area contributed by atoms with E-state index in [1.165, 1.54) is 5.56 Å². The Morgan fingerprint density at radius 1 is 1.21 bits per heavy atom. The van der Waals surface area contributed by atoms with Gasteiger partial charge in [-0.3, -0.25) is 9.20 Å². The highest BCUT2D eigenvalue weighted by Gasteiger charge is 2.51. The fourth-order valence-electron chi connectivity index (χ4n) is 3.27. The smallest absolute Gasteiger partial charge is 0.231 e. The summed E-state index contributed by atoms with van der Waals surface area (Å²) in [5.74, 6) is 0.826. The second-order valence-electron chi connectivity index (χ2n) is 6.63. The molecule has 5 heteroatoms. The van der Waals surface area contributed by atoms with Gasteiger partial charge < -0.3 is 5.32 Å². The lowest BCUT2D eigenvalue weighted by molar-refractivity contribution is -0.124. The second-order valence-corrected chi connectivity index (χ2v) is 6.63. The van der Waals surface area contributed by atoms with E-state index in [0.717, 1.165) is 29.9 Å². The van der Waals surface area contributed by atoms with Crippen molar-refractivity contribution in [1.82, 2.24) is 19.9 Å². The third kappa shape index (κ3) is 2.37. The topological polar surface area (TPSA) is 59.3 Å². The van der Waals surface area contributed by atoms with Gasteiger partial charge in [0.05, 0.1) is 11.5 Å². The zero-order valence-corrected chi connectivity index (χ0v) is 13.9. The standard InChI is InChI=1S/C19H20N4O/c1-13-6-5-7-15(12-13)19(9-10-19)18(24)20-14(2)17-22-21-16-8-3-4-11-23(16)17/h3-8,11-12,14H,9-10H2,1-2H3,(H,20,24)/t14-/m1/s1. The zero-order chi connectivity index (χ0) is 16.7. The van der Waals surface area contributed by atoms with Gasteiger partial charge in [-0.1, -0.05) is 35.9 Å². The molecule has 1 fully saturated rings. The molecule has 4 rings (SSSR count). The van der Waals surface area contributed by atoms with E-state index in [2.05, 4.69) is 40.6 Å². The molecule has 1 saturated carbocycles. The summed E-state index contributed by atoms with van der Waals surface area (Å²) in [4.78, 5) is 12.9. The SMILES string of the molecule is Cc1cccc(C2(C(=O)N[C@H](C)c3nnc4ccccn34)CC2)c1. The average Bonchev–Trinajstić information content (AvgIpc) is 3.28. The van der Waals surface area contributed by atoms with Crippen LogP contribution in [0.2, 0.25) is 0 Å². The van der Waals surface area contributed by atoms with Gasteiger partial charge in [-0.2, -0.15) is 0 Å². The van der Waals surface area contributed by atoms with Crippen LogP contribution in [0.4, 0.5) is 0 Å². The summed E-state index contributed by atoms with van der Waals surface area (Å²) < 4.78 is 1.91. The molecule has 2 heterocycles. The third-order valence-electron chi connectivity index (χ3n) is 4.83. The Morgan fingerprint density at radius 2 is 2.04 bits per heavy atom. The predicted molar refractivity (Wildman–Crippen MR) is 91.6 cm³/mol. The van der Waals surface area contributed by atoms with Crippen LogP contribution in [0.25, 0.3) is 5.65 Å². The number of hydrogen-bond donors (Lipinski definition) is 1. The maximum Gasteiger partial charge on any atom is 0.231 e. The highest BCUT2D eigenvalue weighted by Crippen LogP contribution is 2.48. The fourth-order valence-corrected chi connectivity index (χ4v) is 3.27. The van der Waals surface area contributed by atoms with Gasteiger partial charge >= 0.3 is 0 Å². The first-order chi connectivity index (χ1) is 11.6. The first kappa shape index (κ1) is 14.9. The minimum atomic E-state index is -0.374. The molecule has 5 nitrogen and oxygen atoms in total. The quantitative estimate of drug-likeness (QED) is 0.804. The Bertz CT molecular complexity index is 910. The van der Waals surface area contributed by atoms with E-state index in [1.807, 2.05) is 41.8 Å². The van der Waals surface area contributed by atoms with Crippen molar-refractivity contribution in [1.29, 1.82) is 0 Å². The molecule has 0 unspecified atom stereocenters. The average molecular weight is 320 g/mol. The van der Waals surface area contributed by atoms with Gasteiger partial charge in [0, 0.05) is 6.20 Å². The Labute approximate surface area is 140 Å². The largest absolute Gasteiger partial charge is 0.346 e. The Hall–Kier alpha value is -2.69. The predicted octanol–water partition coefficient (Wildman–Crippen LogP) is 2.95. The molecule has 0 spiro atoms. The summed E-state index contributed by atoms with van der Waals surface area (Å²) >= 11 is 0. The molecule has 0 radical (unpaired) electrons. The molecule has 2 aromatic heterocycles. The van der Waals surface area contributed by atoms with Gasteiger partial charge in [0.2, 0.25) is 5.91 Å². The van der Waals surface area contributed by atoms with Crippen LogP contribution in [0.15, 0.2) is 48.7 Å². The zero-order valence-electron chi connectivity index (χ0n) is 13.9. The highest BCUT2D eigenvalue weighted by molar-refractivity contribution is 5.91. The number of pyridine rings is 1. The molecular formula is C19H20N4O. The Balaban J connectivity index is 1.58.